The number of methoxy groups -OCH3 is 1. The number of carbonyl (C=O) groups is 3. The number of unbranched alkanes of at least 4 members (excludes halogenated alkanes) is 10. The number of rotatable bonds is 42. The highest BCUT2D eigenvalue weighted by Crippen LogP contribution is 2.50. The standard InChI is InChI=1S/C51H91N10O8PS/c1-38(2)61(39(3)4)70(67-31-21-25-52)69-44-32-47(68-45(44)36-66-6)60-35-40(5)49(59-51(60)65)56-30-20-10-9-17-28-54-33-42(63)23-14-12-19-29-55-34-41(62)22-13-11-18-27-53-26-16-8-7-15-24-46-48-43(37-71-46)57-50(64)58-48/h35,38-39,43-48,53-55H,7-24,26-34,36-37H2,1-6H3,(H,56,59,65)(H2,57,58,64)/i6TD. The molecule has 4 heterocycles. The van der Waals surface area contributed by atoms with Crippen LogP contribution in [0.15, 0.2) is 11.0 Å². The molecule has 0 aliphatic carbocycles. The lowest BCUT2D eigenvalue weighted by Gasteiger charge is -2.37. The number of amides is 2. The van der Waals surface area contributed by atoms with Crippen molar-refractivity contribution in [1.29, 1.82) is 5.26 Å². The van der Waals surface area contributed by atoms with Gasteiger partial charge in [-0.3, -0.25) is 14.2 Å². The van der Waals surface area contributed by atoms with Gasteiger partial charge in [0.05, 0.1) is 59.7 Å². The van der Waals surface area contributed by atoms with Gasteiger partial charge in [-0.1, -0.05) is 44.9 Å². The Hall–Kier alpha value is -2.76. The summed E-state index contributed by atoms with van der Waals surface area (Å²) in [6.45, 7) is 15.3. The zero-order valence-electron chi connectivity index (χ0n) is 45.7. The average molecular weight is 1040 g/mol. The number of nitriles is 1. The van der Waals surface area contributed by atoms with Crippen LogP contribution in [0.2, 0.25) is 0 Å². The van der Waals surface area contributed by atoms with Crippen LogP contribution in [-0.4, -0.2) is 145 Å². The highest BCUT2D eigenvalue weighted by molar-refractivity contribution is 8.00. The second-order valence-corrected chi connectivity index (χ2v) is 22.5. The van der Waals surface area contributed by atoms with Crippen molar-refractivity contribution in [3.05, 3.63) is 22.2 Å². The fourth-order valence-electron chi connectivity index (χ4n) is 9.37. The molecule has 0 saturated carbocycles. The van der Waals surface area contributed by atoms with Crippen LogP contribution in [0.25, 0.3) is 0 Å². The van der Waals surface area contributed by atoms with Crippen LogP contribution < -0.4 is 37.6 Å². The van der Waals surface area contributed by atoms with Gasteiger partial charge in [0.25, 0.3) is 8.53 Å². The molecule has 18 nitrogen and oxygen atoms in total. The number of ketones is 2. The van der Waals surface area contributed by atoms with Crippen molar-refractivity contribution in [2.45, 2.75) is 204 Å². The molecular weight excluding hydrogens is 944 g/mol. The van der Waals surface area contributed by atoms with Gasteiger partial charge in [0.15, 0.2) is 0 Å². The maximum atomic E-state index is 13.4. The molecule has 0 spiro atoms. The van der Waals surface area contributed by atoms with E-state index in [2.05, 4.69) is 47.6 Å². The number of anilines is 1. The molecular formula is C51H91N10O8PS. The molecule has 404 valence electrons. The Morgan fingerprint density at radius 3 is 2.15 bits per heavy atom. The van der Waals surface area contributed by atoms with Gasteiger partial charge in [-0.2, -0.15) is 22.0 Å². The number of urea groups is 1. The first-order chi connectivity index (χ1) is 35.3. The van der Waals surface area contributed by atoms with Crippen molar-refractivity contribution >= 4 is 43.7 Å². The minimum absolute atomic E-state index is 0.00520. The molecule has 3 aliphatic rings. The van der Waals surface area contributed by atoms with E-state index in [1.807, 2.05) is 46.4 Å². The summed E-state index contributed by atoms with van der Waals surface area (Å²) < 4.78 is 42.9. The highest BCUT2D eigenvalue weighted by Gasteiger charge is 2.43. The number of carbonyl (C=O) groups excluding carboxylic acids is 3. The van der Waals surface area contributed by atoms with Gasteiger partial charge in [-0.05, 0) is 112 Å². The molecule has 71 heavy (non-hydrogen) atoms. The summed E-state index contributed by atoms with van der Waals surface area (Å²) in [5, 5.41) is 29.2. The molecule has 8 unspecified atom stereocenters. The first-order valence-corrected chi connectivity index (χ1v) is 29.0. The molecule has 6 N–H and O–H groups in total. The van der Waals surface area contributed by atoms with Crippen molar-refractivity contribution in [2.24, 2.45) is 0 Å². The van der Waals surface area contributed by atoms with Gasteiger partial charge >= 0.3 is 11.7 Å². The number of ether oxygens (including phenoxy) is 2. The first-order valence-electron chi connectivity index (χ1n) is 28.0. The number of hydrogen-bond donors (Lipinski definition) is 6. The molecule has 1 aromatic rings. The van der Waals surface area contributed by atoms with Gasteiger partial charge in [0.1, 0.15) is 29.7 Å². The predicted octanol–water partition coefficient (Wildman–Crippen LogP) is 7.26. The summed E-state index contributed by atoms with van der Waals surface area (Å²) >= 11 is 1.99. The summed E-state index contributed by atoms with van der Waals surface area (Å²) in [5.74, 6) is 2.05. The minimum atomic E-state index is -1.61. The van der Waals surface area contributed by atoms with E-state index in [4.69, 9.17) is 26.5 Å². The summed E-state index contributed by atoms with van der Waals surface area (Å²) in [6, 6.07) is 2.90. The third-order valence-corrected chi connectivity index (χ3v) is 16.8. The van der Waals surface area contributed by atoms with Gasteiger partial charge in [-0.15, -0.1) is 0 Å². The van der Waals surface area contributed by atoms with Crippen LogP contribution in [0, 0.1) is 18.3 Å². The molecule has 0 aromatic carbocycles. The van der Waals surface area contributed by atoms with E-state index in [0.717, 1.165) is 102 Å². The third-order valence-electron chi connectivity index (χ3n) is 13.1. The fraction of sp³-hybridized carbons (Fsp3) is 0.843. The SMILES string of the molecule is [2H]C([3H])OCC1OC(n2cc(C)c(NCCCCCCNCC(=O)CCCCCNCC(=O)CCCCCNCCCCCCC3SCC4NC(=O)NC43)nc2=O)CC1OP(OCCC#N)N(C(C)C)C(C)C. The van der Waals surface area contributed by atoms with Crippen LogP contribution >= 0.6 is 20.3 Å². The monoisotopic (exact) mass is 1040 g/mol. The molecule has 1 aromatic heterocycles. The number of aromatic nitrogens is 2. The van der Waals surface area contributed by atoms with E-state index in [-0.39, 0.29) is 49.3 Å². The van der Waals surface area contributed by atoms with E-state index < -0.39 is 39.7 Å². The third kappa shape index (κ3) is 23.1. The van der Waals surface area contributed by atoms with E-state index >= 15 is 0 Å². The number of nitrogens with one attached hydrogen (secondary N) is 6. The van der Waals surface area contributed by atoms with Crippen LogP contribution in [0.3, 0.4) is 0 Å². The van der Waals surface area contributed by atoms with Crippen molar-refractivity contribution in [2.75, 3.05) is 77.2 Å². The molecule has 20 heteroatoms. The maximum Gasteiger partial charge on any atom is 0.351 e. The van der Waals surface area contributed by atoms with Crippen molar-refractivity contribution in [3.63, 3.8) is 0 Å². The lowest BCUT2D eigenvalue weighted by molar-refractivity contribution is -0.119. The lowest BCUT2D eigenvalue weighted by atomic mass is 10.0. The molecule has 0 radical (unpaired) electrons. The van der Waals surface area contributed by atoms with E-state index in [1.54, 1.807) is 6.20 Å². The Morgan fingerprint density at radius 1 is 0.930 bits per heavy atom. The van der Waals surface area contributed by atoms with Gasteiger partial charge < -0.3 is 50.4 Å². The Kier molecular flexibility index (Phi) is 28.7. The number of fused-ring (bicyclic) bond motifs is 1. The Bertz CT molecular complexity index is 1850. The van der Waals surface area contributed by atoms with Crippen LogP contribution in [0.1, 0.15) is 164 Å². The van der Waals surface area contributed by atoms with Crippen LogP contribution in [0.5, 0.6) is 0 Å². The van der Waals surface area contributed by atoms with Crippen molar-refractivity contribution < 1.29 is 35.6 Å². The van der Waals surface area contributed by atoms with Crippen LogP contribution in [-0.2, 0) is 28.1 Å². The van der Waals surface area contributed by atoms with Gasteiger partial charge in [0.2, 0.25) is 0 Å². The Morgan fingerprint density at radius 2 is 1.54 bits per heavy atom. The van der Waals surface area contributed by atoms with Crippen molar-refractivity contribution in [3.8, 4) is 6.07 Å². The minimum Gasteiger partial charge on any atom is -0.382 e. The number of nitrogens with zero attached hydrogens (tertiary/aromatic N) is 4. The molecule has 3 saturated heterocycles. The summed E-state index contributed by atoms with van der Waals surface area (Å²) in [6.07, 6.45) is 17.4. The molecule has 3 fully saturated rings. The smallest absolute Gasteiger partial charge is 0.351 e. The van der Waals surface area contributed by atoms with E-state index in [0.29, 0.717) is 62.0 Å². The van der Waals surface area contributed by atoms with Crippen molar-refractivity contribution in [1.82, 2.24) is 40.8 Å². The Labute approximate surface area is 433 Å². The number of aryl methyl sites for hydroxylation is 1. The summed E-state index contributed by atoms with van der Waals surface area (Å²) in [5.41, 5.74) is 0.313. The molecule has 8 atom stereocenters. The molecule has 4 rings (SSSR count). The quantitative estimate of drug-likeness (QED) is 0.0215. The summed E-state index contributed by atoms with van der Waals surface area (Å²) in [7, 11) is -3.11. The van der Waals surface area contributed by atoms with Gasteiger partial charge in [-0.25, -0.2) is 14.3 Å². The molecule has 0 bridgehead atoms. The number of hydrogen-bond acceptors (Lipinski definition) is 16. The number of thioether (sulfide) groups is 1. The van der Waals surface area contributed by atoms with E-state index in [9.17, 15) is 19.2 Å². The van der Waals surface area contributed by atoms with E-state index in [1.165, 1.54) is 36.7 Å². The fourth-order valence-corrected chi connectivity index (χ4v) is 12.7. The highest BCUT2D eigenvalue weighted by atomic mass is 32.2. The topological polar surface area (TPSA) is 222 Å². The largest absolute Gasteiger partial charge is 0.382 e. The molecule has 3 aliphatic heterocycles. The number of Topliss-reactive ketones (excluding diaryl/α,β-unsaturated/α-hetero) is 2. The maximum absolute atomic E-state index is 13.4. The summed E-state index contributed by atoms with van der Waals surface area (Å²) in [4.78, 5) is 53.9. The predicted molar refractivity (Wildman–Crippen MR) is 285 cm³/mol. The molecule has 2 amide bonds. The average Bonchev–Trinajstić information content (AvgIpc) is 4.04. The zero-order chi connectivity index (χ0) is 52.8. The normalized spacial score (nSPS) is 22.0. The zero-order valence-corrected chi connectivity index (χ0v) is 45.4. The second kappa shape index (κ2) is 35.4. The lowest BCUT2D eigenvalue weighted by Crippen LogP contribution is -2.36. The second-order valence-electron chi connectivity index (χ2n) is 19.8. The first kappa shape index (κ1) is 57.5. The Balaban J connectivity index is 0.953. The van der Waals surface area contributed by atoms with Crippen LogP contribution in [0.4, 0.5) is 10.6 Å². The van der Waals surface area contributed by atoms with Gasteiger partial charge in [0, 0.05) is 67.7 Å².